The van der Waals surface area contributed by atoms with Gasteiger partial charge in [-0.2, -0.15) is 5.26 Å². The van der Waals surface area contributed by atoms with Crippen LogP contribution in [0.15, 0.2) is 72.9 Å². The normalized spacial score (nSPS) is 10.4. The van der Waals surface area contributed by atoms with Crippen molar-refractivity contribution >= 4 is 0 Å². The van der Waals surface area contributed by atoms with E-state index in [2.05, 4.69) is 52.5 Å². The maximum absolute atomic E-state index is 8.88. The van der Waals surface area contributed by atoms with Crippen LogP contribution in [-0.4, -0.2) is 11.1 Å². The highest BCUT2D eigenvalue weighted by molar-refractivity contribution is 5.41. The Morgan fingerprint density at radius 3 is 2.43 bits per heavy atom. The van der Waals surface area contributed by atoms with E-state index in [-0.39, 0.29) is 0 Å². The second-order valence-electron chi connectivity index (χ2n) is 5.44. The van der Waals surface area contributed by atoms with E-state index >= 15 is 0 Å². The number of aromatic nitrogens is 1. The second kappa shape index (κ2) is 7.44. The molecule has 0 aliphatic heterocycles. The fourth-order valence-electron chi connectivity index (χ4n) is 2.60. The molecular weight excluding hydrogens is 282 g/mol. The molecule has 1 heterocycles. The van der Waals surface area contributed by atoms with Crippen molar-refractivity contribution in [1.29, 1.82) is 5.26 Å². The smallest absolute Gasteiger partial charge is 0.0991 e. The molecule has 114 valence electrons. The quantitative estimate of drug-likeness (QED) is 0.706. The molecule has 0 saturated heterocycles. The average molecular weight is 301 g/mol. The van der Waals surface area contributed by atoms with Crippen LogP contribution in [0, 0.1) is 11.3 Å². The predicted octanol–water partition coefficient (Wildman–Crippen LogP) is 3.68. The van der Waals surface area contributed by atoms with Crippen molar-refractivity contribution < 1.29 is 0 Å². The van der Waals surface area contributed by atoms with Gasteiger partial charge in [0.25, 0.3) is 0 Å². The third kappa shape index (κ3) is 3.88. The third-order valence-corrected chi connectivity index (χ3v) is 3.85. The fraction of sp³-hybridized carbons (Fsp3) is 0.150. The van der Waals surface area contributed by atoms with Gasteiger partial charge in [-0.1, -0.05) is 30.3 Å². The fourth-order valence-corrected chi connectivity index (χ4v) is 2.60. The van der Waals surface area contributed by atoms with E-state index in [1.807, 2.05) is 36.4 Å². The minimum atomic E-state index is 0.684. The number of nitriles is 1. The first-order valence-electron chi connectivity index (χ1n) is 7.78. The van der Waals surface area contributed by atoms with E-state index in [0.717, 1.165) is 25.2 Å². The summed E-state index contributed by atoms with van der Waals surface area (Å²) >= 11 is 0. The molecule has 0 atom stereocenters. The molecule has 0 amide bonds. The Kier molecular flexibility index (Phi) is 4.88. The topological polar surface area (TPSA) is 40.8 Å². The highest BCUT2D eigenvalue weighted by Gasteiger charge is 2.03. The molecule has 3 rings (SSSR count). The zero-order valence-corrected chi connectivity index (χ0v) is 12.9. The summed E-state index contributed by atoms with van der Waals surface area (Å²) in [6, 6.07) is 24.5. The SMILES string of the molecule is N#Cc1ccc(-n2cccc2CNCCc2ccccc2)cc1. The molecule has 0 bridgehead atoms. The van der Waals surface area contributed by atoms with Crippen molar-refractivity contribution in [1.82, 2.24) is 9.88 Å². The van der Waals surface area contributed by atoms with Gasteiger partial charge >= 0.3 is 0 Å². The van der Waals surface area contributed by atoms with Crippen molar-refractivity contribution in [2.75, 3.05) is 6.54 Å². The highest BCUT2D eigenvalue weighted by Crippen LogP contribution is 2.13. The molecule has 0 aliphatic rings. The van der Waals surface area contributed by atoms with Crippen LogP contribution in [0.25, 0.3) is 5.69 Å². The summed E-state index contributed by atoms with van der Waals surface area (Å²) in [4.78, 5) is 0. The van der Waals surface area contributed by atoms with Gasteiger partial charge in [0.2, 0.25) is 0 Å². The lowest BCUT2D eigenvalue weighted by Crippen LogP contribution is -2.18. The zero-order valence-electron chi connectivity index (χ0n) is 12.9. The zero-order chi connectivity index (χ0) is 15.9. The standard InChI is InChI=1S/C20H19N3/c21-15-18-8-10-19(11-9-18)23-14-4-7-20(23)16-22-13-12-17-5-2-1-3-6-17/h1-11,14,22H,12-13,16H2. The largest absolute Gasteiger partial charge is 0.320 e. The van der Waals surface area contributed by atoms with Gasteiger partial charge in [-0.25, -0.2) is 0 Å². The minimum absolute atomic E-state index is 0.684. The summed E-state index contributed by atoms with van der Waals surface area (Å²) in [5, 5.41) is 12.4. The molecule has 0 unspecified atom stereocenters. The van der Waals surface area contributed by atoms with Crippen LogP contribution in [-0.2, 0) is 13.0 Å². The molecular formula is C20H19N3. The lowest BCUT2D eigenvalue weighted by Gasteiger charge is -2.10. The lowest BCUT2D eigenvalue weighted by atomic mass is 10.1. The van der Waals surface area contributed by atoms with Crippen LogP contribution < -0.4 is 5.32 Å². The number of hydrogen-bond acceptors (Lipinski definition) is 2. The Morgan fingerprint density at radius 1 is 0.913 bits per heavy atom. The van der Waals surface area contributed by atoms with Gasteiger partial charge in [0.05, 0.1) is 11.6 Å². The molecule has 1 aromatic heterocycles. The van der Waals surface area contributed by atoms with Crippen LogP contribution in [0.5, 0.6) is 0 Å². The third-order valence-electron chi connectivity index (χ3n) is 3.85. The van der Waals surface area contributed by atoms with Gasteiger partial charge in [0, 0.05) is 24.1 Å². The summed E-state index contributed by atoms with van der Waals surface area (Å²) in [7, 11) is 0. The first-order valence-corrected chi connectivity index (χ1v) is 7.78. The van der Waals surface area contributed by atoms with E-state index in [4.69, 9.17) is 5.26 Å². The highest BCUT2D eigenvalue weighted by atomic mass is 15.0. The number of rotatable bonds is 6. The predicted molar refractivity (Wildman–Crippen MR) is 92.3 cm³/mol. The van der Waals surface area contributed by atoms with Crippen molar-refractivity contribution in [3.8, 4) is 11.8 Å². The Balaban J connectivity index is 1.59. The summed E-state index contributed by atoms with van der Waals surface area (Å²) in [6.45, 7) is 1.77. The number of nitrogens with zero attached hydrogens (tertiary/aromatic N) is 2. The Labute approximate surface area is 136 Å². The maximum atomic E-state index is 8.88. The van der Waals surface area contributed by atoms with Crippen LogP contribution in [0.2, 0.25) is 0 Å². The van der Waals surface area contributed by atoms with Gasteiger partial charge in [-0.05, 0) is 54.9 Å². The summed E-state index contributed by atoms with van der Waals surface area (Å²) in [5.41, 5.74) is 4.32. The van der Waals surface area contributed by atoms with Crippen molar-refractivity contribution in [2.45, 2.75) is 13.0 Å². The van der Waals surface area contributed by atoms with Gasteiger partial charge in [0.15, 0.2) is 0 Å². The molecule has 3 aromatic rings. The van der Waals surface area contributed by atoms with Gasteiger partial charge < -0.3 is 9.88 Å². The number of nitrogens with one attached hydrogen (secondary N) is 1. The van der Waals surface area contributed by atoms with Crippen molar-refractivity contribution in [3.05, 3.63) is 89.7 Å². The van der Waals surface area contributed by atoms with Gasteiger partial charge in [-0.15, -0.1) is 0 Å². The molecule has 0 saturated carbocycles. The van der Waals surface area contributed by atoms with Gasteiger partial charge in [-0.3, -0.25) is 0 Å². The molecule has 0 fully saturated rings. The monoisotopic (exact) mass is 301 g/mol. The van der Waals surface area contributed by atoms with Crippen LogP contribution in [0.3, 0.4) is 0 Å². The molecule has 3 nitrogen and oxygen atoms in total. The van der Waals surface area contributed by atoms with E-state index in [9.17, 15) is 0 Å². The average Bonchev–Trinajstić information content (AvgIpc) is 3.08. The molecule has 0 radical (unpaired) electrons. The van der Waals surface area contributed by atoms with Gasteiger partial charge in [0.1, 0.15) is 0 Å². The second-order valence-corrected chi connectivity index (χ2v) is 5.44. The van der Waals surface area contributed by atoms with Crippen LogP contribution >= 0.6 is 0 Å². The van der Waals surface area contributed by atoms with Crippen molar-refractivity contribution in [3.63, 3.8) is 0 Å². The van der Waals surface area contributed by atoms with Crippen molar-refractivity contribution in [2.24, 2.45) is 0 Å². The number of hydrogen-bond donors (Lipinski definition) is 1. The van der Waals surface area contributed by atoms with E-state index in [1.54, 1.807) is 0 Å². The molecule has 3 heteroatoms. The van der Waals surface area contributed by atoms with Crippen LogP contribution in [0.1, 0.15) is 16.8 Å². The minimum Gasteiger partial charge on any atom is -0.320 e. The Bertz CT molecular complexity index is 780. The molecule has 0 spiro atoms. The summed E-state index contributed by atoms with van der Waals surface area (Å²) in [5.74, 6) is 0. The Hall–Kier alpha value is -2.83. The molecule has 1 N–H and O–H groups in total. The number of benzene rings is 2. The first-order chi connectivity index (χ1) is 11.4. The summed E-state index contributed by atoms with van der Waals surface area (Å²) < 4.78 is 2.15. The van der Waals surface area contributed by atoms with Crippen LogP contribution in [0.4, 0.5) is 0 Å². The van der Waals surface area contributed by atoms with E-state index < -0.39 is 0 Å². The van der Waals surface area contributed by atoms with E-state index in [1.165, 1.54) is 11.3 Å². The van der Waals surface area contributed by atoms with E-state index in [0.29, 0.717) is 5.56 Å². The summed E-state index contributed by atoms with van der Waals surface area (Å²) in [6.07, 6.45) is 3.08. The molecule has 23 heavy (non-hydrogen) atoms. The first kappa shape index (κ1) is 15.1. The molecule has 0 aliphatic carbocycles. The lowest BCUT2D eigenvalue weighted by molar-refractivity contribution is 0.666. The Morgan fingerprint density at radius 2 is 1.70 bits per heavy atom. The maximum Gasteiger partial charge on any atom is 0.0991 e. The molecule has 2 aromatic carbocycles.